The third-order valence-corrected chi connectivity index (χ3v) is 3.33. The molecule has 2 atom stereocenters. The van der Waals surface area contributed by atoms with Crippen LogP contribution in [0.25, 0.3) is 0 Å². The normalized spacial score (nSPS) is 21.5. The van der Waals surface area contributed by atoms with Crippen LogP contribution in [-0.2, 0) is 4.79 Å². The summed E-state index contributed by atoms with van der Waals surface area (Å²) in [6.45, 7) is 0. The SMILES string of the molecule is O=C(Nc1ccc(F)cc1F)NC1CCCC1C(=O)O. The molecule has 7 heteroatoms. The zero-order chi connectivity index (χ0) is 14.7. The van der Waals surface area contributed by atoms with E-state index in [4.69, 9.17) is 5.11 Å². The smallest absolute Gasteiger partial charge is 0.319 e. The van der Waals surface area contributed by atoms with Gasteiger partial charge < -0.3 is 15.7 Å². The average molecular weight is 284 g/mol. The van der Waals surface area contributed by atoms with Gasteiger partial charge >= 0.3 is 12.0 Å². The Labute approximate surface area is 114 Å². The highest BCUT2D eigenvalue weighted by Gasteiger charge is 2.33. The summed E-state index contributed by atoms with van der Waals surface area (Å²) in [5.74, 6) is -3.21. The lowest BCUT2D eigenvalue weighted by Gasteiger charge is -2.18. The molecule has 2 rings (SSSR count). The number of carbonyl (C=O) groups excluding carboxylic acids is 1. The van der Waals surface area contributed by atoms with Gasteiger partial charge in [0.25, 0.3) is 0 Å². The number of carboxylic acids is 1. The molecule has 5 nitrogen and oxygen atoms in total. The third-order valence-electron chi connectivity index (χ3n) is 3.33. The second kappa shape index (κ2) is 5.85. The fourth-order valence-electron chi connectivity index (χ4n) is 2.35. The predicted octanol–water partition coefficient (Wildman–Crippen LogP) is 2.34. The maximum Gasteiger partial charge on any atom is 0.319 e. The summed E-state index contributed by atoms with van der Waals surface area (Å²) in [6.07, 6.45) is 1.79. The van der Waals surface area contributed by atoms with Crippen LogP contribution < -0.4 is 10.6 Å². The van der Waals surface area contributed by atoms with Crippen molar-refractivity contribution in [2.45, 2.75) is 25.3 Å². The zero-order valence-corrected chi connectivity index (χ0v) is 10.5. The Kier molecular flexibility index (Phi) is 4.16. The number of benzene rings is 1. The number of urea groups is 1. The Hall–Kier alpha value is -2.18. The number of hydrogen-bond donors (Lipinski definition) is 3. The van der Waals surface area contributed by atoms with Crippen LogP contribution in [-0.4, -0.2) is 23.1 Å². The van der Waals surface area contributed by atoms with Gasteiger partial charge in [-0.25, -0.2) is 13.6 Å². The van der Waals surface area contributed by atoms with Gasteiger partial charge in [0.2, 0.25) is 0 Å². The van der Waals surface area contributed by atoms with E-state index in [1.807, 2.05) is 0 Å². The van der Waals surface area contributed by atoms with Crippen LogP contribution in [0.15, 0.2) is 18.2 Å². The molecule has 2 amide bonds. The van der Waals surface area contributed by atoms with Crippen molar-refractivity contribution in [1.29, 1.82) is 0 Å². The number of amides is 2. The van der Waals surface area contributed by atoms with Crippen LogP contribution in [0, 0.1) is 17.6 Å². The molecule has 1 aromatic rings. The largest absolute Gasteiger partial charge is 0.481 e. The van der Waals surface area contributed by atoms with Gasteiger partial charge in [-0.3, -0.25) is 4.79 Å². The number of carboxylic acid groups (broad SMARTS) is 1. The fraction of sp³-hybridized carbons (Fsp3) is 0.385. The molecular formula is C13H14F2N2O3. The van der Waals surface area contributed by atoms with Crippen molar-refractivity contribution in [2.75, 3.05) is 5.32 Å². The number of anilines is 1. The van der Waals surface area contributed by atoms with Gasteiger partial charge in [0, 0.05) is 12.1 Å². The molecule has 1 aliphatic carbocycles. The van der Waals surface area contributed by atoms with Crippen molar-refractivity contribution in [1.82, 2.24) is 5.32 Å². The van der Waals surface area contributed by atoms with Gasteiger partial charge in [-0.15, -0.1) is 0 Å². The van der Waals surface area contributed by atoms with E-state index in [2.05, 4.69) is 10.6 Å². The third kappa shape index (κ3) is 3.23. The molecule has 1 fully saturated rings. The Balaban J connectivity index is 1.97. The van der Waals surface area contributed by atoms with Gasteiger partial charge in [-0.05, 0) is 25.0 Å². The lowest BCUT2D eigenvalue weighted by atomic mass is 10.0. The summed E-state index contributed by atoms with van der Waals surface area (Å²) in [6, 6.07) is 1.61. The summed E-state index contributed by atoms with van der Waals surface area (Å²) in [7, 11) is 0. The first-order chi connectivity index (χ1) is 9.47. The molecule has 20 heavy (non-hydrogen) atoms. The molecule has 0 bridgehead atoms. The van der Waals surface area contributed by atoms with Crippen molar-refractivity contribution < 1.29 is 23.5 Å². The number of nitrogens with one attached hydrogen (secondary N) is 2. The Morgan fingerprint density at radius 2 is 2.00 bits per heavy atom. The number of hydrogen-bond acceptors (Lipinski definition) is 2. The first kappa shape index (κ1) is 14.2. The summed E-state index contributed by atoms with van der Waals surface area (Å²) in [5, 5.41) is 13.7. The molecule has 0 radical (unpaired) electrons. The van der Waals surface area contributed by atoms with Crippen LogP contribution >= 0.6 is 0 Å². The monoisotopic (exact) mass is 284 g/mol. The average Bonchev–Trinajstić information content (AvgIpc) is 2.81. The van der Waals surface area contributed by atoms with Crippen LogP contribution in [0.2, 0.25) is 0 Å². The summed E-state index contributed by atoms with van der Waals surface area (Å²) in [4.78, 5) is 22.7. The molecule has 1 aliphatic rings. The van der Waals surface area contributed by atoms with Crippen molar-refractivity contribution >= 4 is 17.7 Å². The van der Waals surface area contributed by atoms with E-state index in [1.165, 1.54) is 0 Å². The fourth-order valence-corrected chi connectivity index (χ4v) is 2.35. The van der Waals surface area contributed by atoms with Crippen molar-refractivity contribution in [3.63, 3.8) is 0 Å². The Morgan fingerprint density at radius 1 is 1.25 bits per heavy atom. The molecule has 108 valence electrons. The van der Waals surface area contributed by atoms with E-state index in [0.717, 1.165) is 12.1 Å². The standard InChI is InChI=1S/C13H14F2N2O3/c14-7-4-5-11(9(15)6-7)17-13(20)16-10-3-1-2-8(10)12(18)19/h4-6,8,10H,1-3H2,(H,18,19)(H2,16,17,20). The molecule has 2 unspecified atom stereocenters. The predicted molar refractivity (Wildman–Crippen MR) is 67.3 cm³/mol. The van der Waals surface area contributed by atoms with Gasteiger partial charge in [0.15, 0.2) is 0 Å². The van der Waals surface area contributed by atoms with Gasteiger partial charge in [-0.2, -0.15) is 0 Å². The first-order valence-corrected chi connectivity index (χ1v) is 6.23. The Morgan fingerprint density at radius 3 is 2.65 bits per heavy atom. The minimum atomic E-state index is -0.958. The summed E-state index contributed by atoms with van der Waals surface area (Å²) in [5.41, 5.74) is -0.159. The van der Waals surface area contributed by atoms with Crippen LogP contribution in [0.5, 0.6) is 0 Å². The van der Waals surface area contributed by atoms with E-state index in [0.29, 0.717) is 25.3 Å². The molecule has 0 heterocycles. The van der Waals surface area contributed by atoms with Gasteiger partial charge in [-0.1, -0.05) is 6.42 Å². The molecule has 1 aromatic carbocycles. The zero-order valence-electron chi connectivity index (χ0n) is 10.5. The van der Waals surface area contributed by atoms with E-state index >= 15 is 0 Å². The first-order valence-electron chi connectivity index (χ1n) is 6.23. The maximum absolute atomic E-state index is 13.4. The van der Waals surface area contributed by atoms with Crippen molar-refractivity contribution in [3.8, 4) is 0 Å². The van der Waals surface area contributed by atoms with Gasteiger partial charge in [0.1, 0.15) is 11.6 Å². The van der Waals surface area contributed by atoms with Crippen LogP contribution in [0.1, 0.15) is 19.3 Å². The highest BCUT2D eigenvalue weighted by atomic mass is 19.1. The number of carbonyl (C=O) groups is 2. The van der Waals surface area contributed by atoms with Crippen LogP contribution in [0.4, 0.5) is 19.3 Å². The minimum Gasteiger partial charge on any atom is -0.481 e. The summed E-state index contributed by atoms with van der Waals surface area (Å²) >= 11 is 0. The Bertz CT molecular complexity index is 536. The molecular weight excluding hydrogens is 270 g/mol. The van der Waals surface area contributed by atoms with Gasteiger partial charge in [0.05, 0.1) is 11.6 Å². The second-order valence-corrected chi connectivity index (χ2v) is 4.70. The number of halogens is 2. The number of rotatable bonds is 3. The topological polar surface area (TPSA) is 78.4 Å². The second-order valence-electron chi connectivity index (χ2n) is 4.70. The number of aliphatic carboxylic acids is 1. The maximum atomic E-state index is 13.4. The molecule has 3 N–H and O–H groups in total. The molecule has 0 aromatic heterocycles. The quantitative estimate of drug-likeness (QED) is 0.797. The van der Waals surface area contributed by atoms with E-state index in [-0.39, 0.29) is 5.69 Å². The minimum absolute atomic E-state index is 0.159. The molecule has 0 spiro atoms. The highest BCUT2D eigenvalue weighted by Crippen LogP contribution is 2.26. The van der Waals surface area contributed by atoms with E-state index < -0.39 is 35.6 Å². The van der Waals surface area contributed by atoms with Crippen molar-refractivity contribution in [3.05, 3.63) is 29.8 Å². The van der Waals surface area contributed by atoms with E-state index in [1.54, 1.807) is 0 Å². The lowest BCUT2D eigenvalue weighted by Crippen LogP contribution is -2.42. The highest BCUT2D eigenvalue weighted by molar-refractivity contribution is 5.90. The molecule has 0 saturated heterocycles. The summed E-state index contributed by atoms with van der Waals surface area (Å²) < 4.78 is 26.1. The lowest BCUT2D eigenvalue weighted by molar-refractivity contribution is -0.142. The van der Waals surface area contributed by atoms with Crippen molar-refractivity contribution in [2.24, 2.45) is 5.92 Å². The molecule has 0 aliphatic heterocycles. The molecule has 1 saturated carbocycles. The van der Waals surface area contributed by atoms with E-state index in [9.17, 15) is 18.4 Å². The van der Waals surface area contributed by atoms with Crippen LogP contribution in [0.3, 0.4) is 0 Å².